The summed E-state index contributed by atoms with van der Waals surface area (Å²) in [5, 5.41) is 24.2. The zero-order valence-corrected chi connectivity index (χ0v) is 18.7. The smallest absolute Gasteiger partial charge is 0.416 e. The van der Waals surface area contributed by atoms with Gasteiger partial charge in [-0.2, -0.15) is 13.2 Å². The molecule has 1 aromatic heterocycles. The van der Waals surface area contributed by atoms with Crippen LogP contribution in [0.5, 0.6) is 5.75 Å². The molecule has 0 fully saturated rings. The summed E-state index contributed by atoms with van der Waals surface area (Å²) in [6, 6.07) is 8.85. The van der Waals surface area contributed by atoms with E-state index in [1.807, 2.05) is 0 Å². The number of rotatable bonds is 6. The zero-order chi connectivity index (χ0) is 25.9. The molecule has 0 saturated carbocycles. The second kappa shape index (κ2) is 9.92. The first-order chi connectivity index (χ1) is 16.4. The van der Waals surface area contributed by atoms with E-state index in [1.54, 1.807) is 24.3 Å². The summed E-state index contributed by atoms with van der Waals surface area (Å²) in [6.07, 6.45) is -3.60. The number of carboxylic acids is 1. The molecule has 184 valence electrons. The molecule has 8 nitrogen and oxygen atoms in total. The molecular weight excluding hydrogens is 467 g/mol. The van der Waals surface area contributed by atoms with E-state index >= 15 is 0 Å². The number of halogens is 3. The Hall–Kier alpha value is -4.28. The highest BCUT2D eigenvalue weighted by molar-refractivity contribution is 5.91. The number of carboxylic acid groups (broad SMARTS) is 1. The van der Waals surface area contributed by atoms with Gasteiger partial charge >= 0.3 is 18.2 Å². The number of nitrogens with zero attached hydrogens (tertiary/aromatic N) is 1. The summed E-state index contributed by atoms with van der Waals surface area (Å²) in [4.78, 5) is 36.3. The number of aromatic nitrogens is 1. The Morgan fingerprint density at radius 2 is 1.74 bits per heavy atom. The number of aromatic hydroxyl groups is 1. The molecular formula is C24H22F3N3O5. The molecule has 2 amide bonds. The number of carbonyl (C=O) groups is 2. The van der Waals surface area contributed by atoms with Gasteiger partial charge in [-0.25, -0.2) is 4.79 Å². The fraction of sp³-hybridized carbons (Fsp3) is 0.208. The van der Waals surface area contributed by atoms with E-state index in [2.05, 4.69) is 10.6 Å². The highest BCUT2D eigenvalue weighted by Gasteiger charge is 2.30. The number of aryl methyl sites for hydroxylation is 2. The lowest BCUT2D eigenvalue weighted by Gasteiger charge is -2.19. The number of aliphatic carboxylic acids is 1. The Labute approximate surface area is 197 Å². The Kier molecular flexibility index (Phi) is 7.18. The van der Waals surface area contributed by atoms with Crippen LogP contribution in [-0.4, -0.2) is 26.8 Å². The van der Waals surface area contributed by atoms with Gasteiger partial charge in [0.1, 0.15) is 5.75 Å². The first kappa shape index (κ1) is 25.3. The van der Waals surface area contributed by atoms with Crippen LogP contribution in [0.1, 0.15) is 29.2 Å². The van der Waals surface area contributed by atoms with Gasteiger partial charge in [0.05, 0.1) is 18.0 Å². The van der Waals surface area contributed by atoms with Crippen molar-refractivity contribution < 1.29 is 33.0 Å². The van der Waals surface area contributed by atoms with Crippen molar-refractivity contribution in [2.45, 2.75) is 25.6 Å². The summed E-state index contributed by atoms with van der Waals surface area (Å²) in [5.41, 5.74) is -0.134. The van der Waals surface area contributed by atoms with Gasteiger partial charge in [0, 0.05) is 18.8 Å². The number of pyridine rings is 1. The minimum absolute atomic E-state index is 0.341. The second-order valence-corrected chi connectivity index (χ2v) is 7.90. The number of urea groups is 1. The summed E-state index contributed by atoms with van der Waals surface area (Å²) in [6.45, 7) is 1.54. The van der Waals surface area contributed by atoms with Crippen LogP contribution >= 0.6 is 0 Å². The van der Waals surface area contributed by atoms with Crippen LogP contribution in [0.3, 0.4) is 0 Å². The van der Waals surface area contributed by atoms with Gasteiger partial charge in [-0.1, -0.05) is 30.3 Å². The predicted molar refractivity (Wildman–Crippen MR) is 122 cm³/mol. The van der Waals surface area contributed by atoms with Gasteiger partial charge in [-0.3, -0.25) is 9.59 Å². The summed E-state index contributed by atoms with van der Waals surface area (Å²) >= 11 is 0. The lowest BCUT2D eigenvalue weighted by molar-refractivity contribution is -0.138. The van der Waals surface area contributed by atoms with Crippen molar-refractivity contribution in [1.29, 1.82) is 0 Å². The van der Waals surface area contributed by atoms with Crippen LogP contribution in [0.4, 0.5) is 23.7 Å². The number of hydrogen-bond donors (Lipinski definition) is 4. The highest BCUT2D eigenvalue weighted by atomic mass is 19.4. The first-order valence-electron chi connectivity index (χ1n) is 10.3. The zero-order valence-electron chi connectivity index (χ0n) is 18.7. The molecule has 1 heterocycles. The van der Waals surface area contributed by atoms with Crippen molar-refractivity contribution in [1.82, 2.24) is 9.88 Å². The summed E-state index contributed by atoms with van der Waals surface area (Å²) in [7, 11) is 1.44. The third kappa shape index (κ3) is 5.99. The number of alkyl halides is 3. The standard InChI is InChI=1S/C24H22F3N3O5/c1-13-12-30(2)22(34)20(21(13)33)29-23(35)28-18(11-19(31)32)16-5-3-4-15(10-16)14-6-8-17(9-7-14)24(25,26)27/h3-10,12,18,33H,11H2,1-2H3,(H,31,32)(H2,28,29,35). The van der Waals surface area contributed by atoms with Crippen LogP contribution in [0.2, 0.25) is 0 Å². The molecule has 3 rings (SSSR count). The minimum Gasteiger partial charge on any atom is -0.505 e. The maximum Gasteiger partial charge on any atom is 0.416 e. The topological polar surface area (TPSA) is 121 Å². The molecule has 0 saturated heterocycles. The van der Waals surface area contributed by atoms with E-state index in [4.69, 9.17) is 0 Å². The molecule has 11 heteroatoms. The molecule has 0 aliphatic carbocycles. The average Bonchev–Trinajstić information content (AvgIpc) is 2.79. The van der Waals surface area contributed by atoms with Crippen molar-refractivity contribution >= 4 is 17.7 Å². The van der Waals surface area contributed by atoms with E-state index in [-0.39, 0.29) is 5.69 Å². The van der Waals surface area contributed by atoms with Crippen LogP contribution in [0.15, 0.2) is 59.5 Å². The molecule has 4 N–H and O–H groups in total. The molecule has 0 aliphatic rings. The van der Waals surface area contributed by atoms with Crippen LogP contribution < -0.4 is 16.2 Å². The molecule has 0 bridgehead atoms. The third-order valence-electron chi connectivity index (χ3n) is 5.29. The fourth-order valence-corrected chi connectivity index (χ4v) is 3.52. The van der Waals surface area contributed by atoms with Crippen molar-refractivity contribution in [2.75, 3.05) is 5.32 Å². The van der Waals surface area contributed by atoms with E-state index < -0.39 is 47.5 Å². The van der Waals surface area contributed by atoms with E-state index in [9.17, 15) is 37.8 Å². The number of carbonyl (C=O) groups excluding carboxylic acids is 1. The SMILES string of the molecule is Cc1cn(C)c(=O)c(NC(=O)NC(CC(=O)O)c2cccc(-c3ccc(C(F)(F)F)cc3)c2)c1O. The van der Waals surface area contributed by atoms with Crippen molar-refractivity contribution in [3.8, 4) is 16.9 Å². The third-order valence-corrected chi connectivity index (χ3v) is 5.29. The number of nitrogens with one attached hydrogen (secondary N) is 2. The molecule has 2 aromatic carbocycles. The number of amides is 2. The van der Waals surface area contributed by atoms with E-state index in [0.717, 1.165) is 12.1 Å². The highest BCUT2D eigenvalue weighted by Crippen LogP contribution is 2.32. The summed E-state index contributed by atoms with van der Waals surface area (Å²) < 4.78 is 39.7. The number of anilines is 1. The van der Waals surface area contributed by atoms with E-state index in [1.165, 1.54) is 36.9 Å². The van der Waals surface area contributed by atoms with Gasteiger partial charge in [0.2, 0.25) is 0 Å². The second-order valence-electron chi connectivity index (χ2n) is 7.90. The van der Waals surface area contributed by atoms with Crippen LogP contribution in [0, 0.1) is 6.92 Å². The number of hydrogen-bond acceptors (Lipinski definition) is 4. The molecule has 0 spiro atoms. The monoisotopic (exact) mass is 489 g/mol. The molecule has 0 radical (unpaired) electrons. The molecule has 1 atom stereocenters. The normalized spacial score (nSPS) is 12.1. The van der Waals surface area contributed by atoms with Gasteiger partial charge in [-0.15, -0.1) is 0 Å². The Bertz CT molecular complexity index is 1320. The maximum absolute atomic E-state index is 12.8. The Morgan fingerprint density at radius 1 is 1.09 bits per heavy atom. The Morgan fingerprint density at radius 3 is 2.34 bits per heavy atom. The van der Waals surface area contributed by atoms with Gasteiger partial charge in [0.25, 0.3) is 5.56 Å². The molecule has 0 aliphatic heterocycles. The lowest BCUT2D eigenvalue weighted by Crippen LogP contribution is -2.36. The largest absolute Gasteiger partial charge is 0.505 e. The molecule has 35 heavy (non-hydrogen) atoms. The van der Waals surface area contributed by atoms with Crippen LogP contribution in [-0.2, 0) is 18.0 Å². The van der Waals surface area contributed by atoms with Gasteiger partial charge in [0.15, 0.2) is 5.69 Å². The number of benzene rings is 2. The first-order valence-corrected chi connectivity index (χ1v) is 10.3. The van der Waals surface area contributed by atoms with Gasteiger partial charge in [-0.05, 0) is 41.8 Å². The summed E-state index contributed by atoms with van der Waals surface area (Å²) in [5.74, 6) is -1.63. The maximum atomic E-state index is 12.8. The lowest BCUT2D eigenvalue weighted by atomic mass is 9.97. The van der Waals surface area contributed by atoms with Crippen molar-refractivity contribution in [3.63, 3.8) is 0 Å². The molecule has 1 unspecified atom stereocenters. The quantitative estimate of drug-likeness (QED) is 0.409. The predicted octanol–water partition coefficient (Wildman–Crippen LogP) is 4.42. The van der Waals surface area contributed by atoms with Gasteiger partial charge < -0.3 is 25.4 Å². The van der Waals surface area contributed by atoms with Crippen LogP contribution in [0.25, 0.3) is 11.1 Å². The average molecular weight is 489 g/mol. The molecule has 3 aromatic rings. The van der Waals surface area contributed by atoms with E-state index in [0.29, 0.717) is 22.3 Å². The van der Waals surface area contributed by atoms with Crippen molar-refractivity contribution in [2.24, 2.45) is 7.05 Å². The minimum atomic E-state index is -4.48. The Balaban J connectivity index is 1.87. The van der Waals surface area contributed by atoms with Crippen molar-refractivity contribution in [3.05, 3.63) is 81.8 Å². The fourth-order valence-electron chi connectivity index (χ4n) is 3.52.